The number of hydrogen-bond acceptors (Lipinski definition) is 6. The number of rotatable bonds is 67. The number of esters is 3. The summed E-state index contributed by atoms with van der Waals surface area (Å²) in [7, 11) is 0. The predicted molar refractivity (Wildman–Crippen MR) is 362 cm³/mol. The summed E-state index contributed by atoms with van der Waals surface area (Å²) in [5.41, 5.74) is 0. The normalized spacial score (nSPS) is 12.5. The van der Waals surface area contributed by atoms with Crippen LogP contribution in [0.15, 0.2) is 72.9 Å². The highest BCUT2D eigenvalue weighted by Crippen LogP contribution is 2.18. The van der Waals surface area contributed by atoms with Crippen LogP contribution in [0.1, 0.15) is 380 Å². The lowest BCUT2D eigenvalue weighted by molar-refractivity contribution is -0.167. The second-order valence-electron chi connectivity index (χ2n) is 24.5. The topological polar surface area (TPSA) is 78.9 Å². The Morgan fingerprint density at radius 1 is 0.241 bits per heavy atom. The van der Waals surface area contributed by atoms with Crippen molar-refractivity contribution in [2.24, 2.45) is 0 Å². The van der Waals surface area contributed by atoms with Crippen LogP contribution >= 0.6 is 0 Å². The van der Waals surface area contributed by atoms with E-state index >= 15 is 0 Å². The summed E-state index contributed by atoms with van der Waals surface area (Å²) in [5.74, 6) is -0.868. The van der Waals surface area contributed by atoms with Crippen LogP contribution < -0.4 is 0 Å². The Bertz CT molecular complexity index is 1520. The van der Waals surface area contributed by atoms with Gasteiger partial charge in [-0.2, -0.15) is 0 Å². The van der Waals surface area contributed by atoms with Crippen LogP contribution in [-0.2, 0) is 28.6 Å². The molecule has 0 radical (unpaired) electrons. The van der Waals surface area contributed by atoms with Crippen LogP contribution in [0, 0.1) is 0 Å². The number of hydrogen-bond donors (Lipinski definition) is 0. The molecule has 1 atom stereocenters. The molecular weight excluding hydrogens is 1020 g/mol. The molecule has 0 bridgehead atoms. The Hall–Kier alpha value is -3.15. The first kappa shape index (κ1) is 79.8. The maximum Gasteiger partial charge on any atom is 0.306 e. The van der Waals surface area contributed by atoms with Crippen LogP contribution in [0.25, 0.3) is 0 Å². The monoisotopic (exact) mass is 1160 g/mol. The van der Waals surface area contributed by atoms with Crippen molar-refractivity contribution < 1.29 is 28.6 Å². The zero-order chi connectivity index (χ0) is 59.9. The molecule has 0 aliphatic rings. The van der Waals surface area contributed by atoms with Gasteiger partial charge < -0.3 is 14.2 Å². The summed E-state index contributed by atoms with van der Waals surface area (Å²) in [4.78, 5) is 38.5. The van der Waals surface area contributed by atoms with E-state index in [1.807, 2.05) is 0 Å². The molecule has 1 unspecified atom stereocenters. The van der Waals surface area contributed by atoms with Crippen molar-refractivity contribution in [3.8, 4) is 0 Å². The molecule has 0 aliphatic heterocycles. The van der Waals surface area contributed by atoms with Crippen LogP contribution in [0.5, 0.6) is 0 Å². The van der Waals surface area contributed by atoms with Crippen molar-refractivity contribution in [3.05, 3.63) is 72.9 Å². The smallest absolute Gasteiger partial charge is 0.306 e. The van der Waals surface area contributed by atoms with Gasteiger partial charge in [0.05, 0.1) is 0 Å². The molecule has 482 valence electrons. The fourth-order valence-corrected chi connectivity index (χ4v) is 10.7. The lowest BCUT2D eigenvalue weighted by Crippen LogP contribution is -2.30. The molecule has 0 rings (SSSR count). The maximum atomic E-state index is 12.9. The predicted octanol–water partition coefficient (Wildman–Crippen LogP) is 25.2. The van der Waals surface area contributed by atoms with E-state index in [1.165, 1.54) is 257 Å². The molecule has 0 N–H and O–H groups in total. The van der Waals surface area contributed by atoms with Gasteiger partial charge in [0.25, 0.3) is 0 Å². The fourth-order valence-electron chi connectivity index (χ4n) is 10.7. The van der Waals surface area contributed by atoms with E-state index < -0.39 is 6.10 Å². The quantitative estimate of drug-likeness (QED) is 0.0261. The van der Waals surface area contributed by atoms with Crippen molar-refractivity contribution in [2.45, 2.75) is 386 Å². The molecule has 0 amide bonds. The molecule has 0 saturated carbocycles. The van der Waals surface area contributed by atoms with Crippen LogP contribution in [-0.4, -0.2) is 37.2 Å². The average molecular weight is 1160 g/mol. The summed E-state index contributed by atoms with van der Waals surface area (Å²) >= 11 is 0. The summed E-state index contributed by atoms with van der Waals surface area (Å²) in [6.07, 6.45) is 93.6. The first-order valence-electron chi connectivity index (χ1n) is 36.4. The first-order valence-corrected chi connectivity index (χ1v) is 36.4. The van der Waals surface area contributed by atoms with E-state index in [2.05, 4.69) is 93.7 Å². The minimum atomic E-state index is -0.782. The van der Waals surface area contributed by atoms with Crippen LogP contribution in [0.4, 0.5) is 0 Å². The highest BCUT2D eigenvalue weighted by molar-refractivity contribution is 5.71. The van der Waals surface area contributed by atoms with Gasteiger partial charge in [0.1, 0.15) is 13.2 Å². The number of carbonyl (C=O) groups is 3. The summed E-state index contributed by atoms with van der Waals surface area (Å²) in [6.45, 7) is 6.64. The van der Waals surface area contributed by atoms with Crippen molar-refractivity contribution >= 4 is 17.9 Å². The Labute approximate surface area is 516 Å². The van der Waals surface area contributed by atoms with E-state index in [1.54, 1.807) is 0 Å². The summed E-state index contributed by atoms with van der Waals surface area (Å²) in [5, 5.41) is 0. The minimum absolute atomic E-state index is 0.0769. The Morgan fingerprint density at radius 3 is 0.711 bits per heavy atom. The summed E-state index contributed by atoms with van der Waals surface area (Å²) < 4.78 is 17.0. The van der Waals surface area contributed by atoms with E-state index in [9.17, 15) is 14.4 Å². The molecule has 0 fully saturated rings. The van der Waals surface area contributed by atoms with Crippen molar-refractivity contribution in [3.63, 3.8) is 0 Å². The number of allylic oxidation sites excluding steroid dienone is 12. The largest absolute Gasteiger partial charge is 0.462 e. The van der Waals surface area contributed by atoms with Crippen LogP contribution in [0.3, 0.4) is 0 Å². The highest BCUT2D eigenvalue weighted by Gasteiger charge is 2.19. The molecule has 0 aromatic carbocycles. The van der Waals surface area contributed by atoms with Crippen molar-refractivity contribution in [1.82, 2.24) is 0 Å². The molecule has 0 saturated heterocycles. The van der Waals surface area contributed by atoms with Gasteiger partial charge >= 0.3 is 17.9 Å². The third-order valence-electron chi connectivity index (χ3n) is 16.2. The van der Waals surface area contributed by atoms with Gasteiger partial charge in [-0.1, -0.05) is 318 Å². The Morgan fingerprint density at radius 2 is 0.434 bits per heavy atom. The Kier molecular flexibility index (Phi) is 68.6. The molecule has 6 heteroatoms. The van der Waals surface area contributed by atoms with Gasteiger partial charge in [-0.25, -0.2) is 0 Å². The molecule has 6 nitrogen and oxygen atoms in total. The van der Waals surface area contributed by atoms with Gasteiger partial charge in [-0.05, 0) is 116 Å². The van der Waals surface area contributed by atoms with Crippen LogP contribution in [0.2, 0.25) is 0 Å². The van der Waals surface area contributed by atoms with Gasteiger partial charge in [-0.3, -0.25) is 14.4 Å². The maximum absolute atomic E-state index is 12.9. The van der Waals surface area contributed by atoms with E-state index in [4.69, 9.17) is 14.2 Å². The zero-order valence-electron chi connectivity index (χ0n) is 55.5. The number of ether oxygens (including phenoxy) is 3. The van der Waals surface area contributed by atoms with Crippen molar-refractivity contribution in [1.29, 1.82) is 0 Å². The molecule has 0 heterocycles. The first-order chi connectivity index (χ1) is 41.0. The highest BCUT2D eigenvalue weighted by atomic mass is 16.6. The molecule has 0 aromatic heterocycles. The molecule has 0 aromatic rings. The van der Waals surface area contributed by atoms with E-state index in [0.717, 1.165) is 83.5 Å². The lowest BCUT2D eigenvalue weighted by atomic mass is 10.0. The van der Waals surface area contributed by atoms with Gasteiger partial charge in [0.2, 0.25) is 0 Å². The molecular formula is C77H138O6. The molecule has 0 spiro atoms. The van der Waals surface area contributed by atoms with Crippen molar-refractivity contribution in [2.75, 3.05) is 13.2 Å². The third-order valence-corrected chi connectivity index (χ3v) is 16.2. The number of unbranched alkanes of at least 4 members (excludes halogenated alkanes) is 44. The second kappa shape index (κ2) is 71.3. The fraction of sp³-hybridized carbons (Fsp3) is 0.805. The third kappa shape index (κ3) is 69.5. The summed E-state index contributed by atoms with van der Waals surface area (Å²) in [6, 6.07) is 0. The minimum Gasteiger partial charge on any atom is -0.462 e. The van der Waals surface area contributed by atoms with Gasteiger partial charge in [0, 0.05) is 19.3 Å². The van der Waals surface area contributed by atoms with Gasteiger partial charge in [-0.15, -0.1) is 0 Å². The molecule has 0 aliphatic carbocycles. The number of carbonyl (C=O) groups excluding carboxylic acids is 3. The van der Waals surface area contributed by atoms with E-state index in [0.29, 0.717) is 19.3 Å². The standard InChI is InChI=1S/C77H138O6/c1-4-7-10-13-16-19-22-25-28-31-32-33-34-35-36-37-38-39-40-41-42-43-44-47-49-52-55-58-61-64-67-70-76(79)82-73-74(83-77(80)71-68-65-62-59-56-53-50-46-30-27-24-21-18-15-12-9-6-3)72-81-75(78)69-66-63-60-57-54-51-48-45-29-26-23-20-17-14-11-8-5-2/h18,21-22,25-27,29-32,34-35,74H,4-17,19-20,23-24,28,33,36-73H2,1-3H3/b21-18-,25-22-,29-26-,30-27-,32-31-,35-34-. The van der Waals surface area contributed by atoms with E-state index in [-0.39, 0.29) is 31.1 Å². The second-order valence-corrected chi connectivity index (χ2v) is 24.5. The Balaban J connectivity index is 4.24. The SMILES string of the molecule is CCCCC/C=C\C/C=C\CCCCCCCCCC(=O)OC(COC(=O)CCCCCCCCC/C=C\CCCCCCCC)COC(=O)CCCCCCCCCCCCCCCCCC/C=C\C/C=C\C/C=C\CCCCCCC. The lowest BCUT2D eigenvalue weighted by Gasteiger charge is -2.18. The van der Waals surface area contributed by atoms with Gasteiger partial charge in [0.15, 0.2) is 6.10 Å². The zero-order valence-corrected chi connectivity index (χ0v) is 55.5. The molecule has 83 heavy (non-hydrogen) atoms. The average Bonchev–Trinajstić information content (AvgIpc) is 3.50.